The van der Waals surface area contributed by atoms with Crippen LogP contribution >= 0.6 is 0 Å². The van der Waals surface area contributed by atoms with Crippen molar-refractivity contribution in [3.63, 3.8) is 0 Å². The fourth-order valence-electron chi connectivity index (χ4n) is 5.58. The summed E-state index contributed by atoms with van der Waals surface area (Å²) in [6.07, 6.45) is 4.28. The third kappa shape index (κ3) is 6.31. The summed E-state index contributed by atoms with van der Waals surface area (Å²) in [4.78, 5) is 67.7. The van der Waals surface area contributed by atoms with E-state index in [-0.39, 0.29) is 54.7 Å². The number of furan rings is 1. The van der Waals surface area contributed by atoms with Gasteiger partial charge in [-0.15, -0.1) is 0 Å². The number of hydrogen-bond donors (Lipinski definition) is 3. The van der Waals surface area contributed by atoms with Crippen LogP contribution < -0.4 is 20.7 Å². The van der Waals surface area contributed by atoms with E-state index in [4.69, 9.17) is 9.15 Å². The van der Waals surface area contributed by atoms with Crippen LogP contribution in [-0.2, 0) is 14.4 Å². The van der Waals surface area contributed by atoms with Gasteiger partial charge in [0.1, 0.15) is 23.1 Å². The van der Waals surface area contributed by atoms with Crippen LogP contribution in [0.15, 0.2) is 77.5 Å². The highest BCUT2D eigenvalue weighted by atomic mass is 16.5. The molecule has 1 fully saturated rings. The Balaban J connectivity index is 0.981. The van der Waals surface area contributed by atoms with Crippen LogP contribution in [0.5, 0.6) is 5.75 Å². The number of nitrogens with zero attached hydrogens (tertiary/aromatic N) is 2. The number of carbonyl (C=O) groups is 5. The number of benzene rings is 2. The molecule has 3 N–H and O–H groups in total. The molecule has 45 heavy (non-hydrogen) atoms. The first-order valence-electron chi connectivity index (χ1n) is 14.8. The van der Waals surface area contributed by atoms with E-state index in [0.29, 0.717) is 19.5 Å². The van der Waals surface area contributed by atoms with E-state index in [1.54, 1.807) is 24.5 Å². The molecular formula is C33H31N5O7. The van der Waals surface area contributed by atoms with E-state index in [1.807, 2.05) is 42.5 Å². The molecule has 12 heteroatoms. The molecular weight excluding hydrogens is 578 g/mol. The van der Waals surface area contributed by atoms with Crippen LogP contribution in [0.1, 0.15) is 63.8 Å². The second-order valence-electron chi connectivity index (χ2n) is 10.8. The summed E-state index contributed by atoms with van der Waals surface area (Å²) in [6.45, 7) is 0.928. The molecule has 5 amide bonds. The first kappa shape index (κ1) is 29.7. The number of imide groups is 2. The van der Waals surface area contributed by atoms with Gasteiger partial charge in [-0.1, -0.05) is 30.3 Å². The number of fused-ring (bicyclic) bond motifs is 2. The molecule has 230 valence electrons. The molecule has 0 spiro atoms. The fraction of sp³-hybridized carbons (Fsp3) is 0.273. The third-order valence-corrected chi connectivity index (χ3v) is 7.78. The maximum atomic E-state index is 13.2. The molecule has 1 saturated heterocycles. The molecule has 2 atom stereocenters. The van der Waals surface area contributed by atoms with Gasteiger partial charge in [-0.3, -0.25) is 39.2 Å². The first-order chi connectivity index (χ1) is 21.9. The van der Waals surface area contributed by atoms with Crippen LogP contribution in [-0.4, -0.2) is 65.2 Å². The van der Waals surface area contributed by atoms with E-state index >= 15 is 0 Å². The number of ether oxygens (including phenoxy) is 1. The number of nitrogens with one attached hydrogen (secondary N) is 3. The average Bonchev–Trinajstić information content (AvgIpc) is 3.58. The van der Waals surface area contributed by atoms with Crippen molar-refractivity contribution in [3.8, 4) is 5.75 Å². The summed E-state index contributed by atoms with van der Waals surface area (Å²) in [5.74, 6) is -1.51. The molecule has 2 aliphatic rings. The Morgan fingerprint density at radius 2 is 1.91 bits per heavy atom. The van der Waals surface area contributed by atoms with Crippen LogP contribution in [0.25, 0.3) is 11.0 Å². The lowest BCUT2D eigenvalue weighted by molar-refractivity contribution is -0.136. The van der Waals surface area contributed by atoms with Gasteiger partial charge in [0.05, 0.1) is 23.8 Å². The topological polar surface area (TPSA) is 160 Å². The lowest BCUT2D eigenvalue weighted by atomic mass is 10.0. The van der Waals surface area contributed by atoms with Gasteiger partial charge in [-0.05, 0) is 48.7 Å². The zero-order valence-electron chi connectivity index (χ0n) is 24.3. The Morgan fingerprint density at radius 3 is 2.71 bits per heavy atom. The minimum absolute atomic E-state index is 0.0430. The van der Waals surface area contributed by atoms with Crippen molar-refractivity contribution in [1.82, 2.24) is 25.8 Å². The molecule has 2 aromatic heterocycles. The van der Waals surface area contributed by atoms with Gasteiger partial charge in [0.2, 0.25) is 17.7 Å². The maximum absolute atomic E-state index is 13.2. The number of rotatable bonds is 12. The predicted molar refractivity (Wildman–Crippen MR) is 161 cm³/mol. The zero-order valence-corrected chi connectivity index (χ0v) is 24.3. The molecule has 12 nitrogen and oxygen atoms in total. The highest BCUT2D eigenvalue weighted by Crippen LogP contribution is 2.34. The van der Waals surface area contributed by atoms with Gasteiger partial charge in [0.25, 0.3) is 11.8 Å². The third-order valence-electron chi connectivity index (χ3n) is 7.78. The highest BCUT2D eigenvalue weighted by Gasteiger charge is 2.46. The van der Waals surface area contributed by atoms with Crippen LogP contribution in [0.4, 0.5) is 0 Å². The lowest BCUT2D eigenvalue weighted by Gasteiger charge is -2.27. The number of amides is 5. The Morgan fingerprint density at radius 1 is 1.04 bits per heavy atom. The number of aromatic nitrogens is 1. The number of piperidine rings is 1. The second kappa shape index (κ2) is 13.1. The number of carbonyl (C=O) groups excluding carboxylic acids is 5. The van der Waals surface area contributed by atoms with Gasteiger partial charge in [0, 0.05) is 43.7 Å². The highest BCUT2D eigenvalue weighted by molar-refractivity contribution is 6.24. The van der Waals surface area contributed by atoms with E-state index in [1.165, 1.54) is 6.07 Å². The predicted octanol–water partition coefficient (Wildman–Crippen LogP) is 2.88. The molecule has 0 radical (unpaired) electrons. The molecule has 2 unspecified atom stereocenters. The maximum Gasteiger partial charge on any atom is 0.266 e. The van der Waals surface area contributed by atoms with Crippen molar-refractivity contribution in [1.29, 1.82) is 0 Å². The summed E-state index contributed by atoms with van der Waals surface area (Å²) in [7, 11) is 0. The zero-order chi connectivity index (χ0) is 31.3. The number of para-hydroxylation sites is 1. The number of hydrogen-bond acceptors (Lipinski definition) is 9. The SMILES string of the molecule is O=C(CCNC(c1cccnc1)c1cc2ccccc2o1)NCCCOc1cccc2c1C(=O)N(C1CCC(=O)NC1=O)C2=O. The molecule has 0 aliphatic carbocycles. The molecule has 4 heterocycles. The Labute approximate surface area is 258 Å². The monoisotopic (exact) mass is 609 g/mol. The second-order valence-corrected chi connectivity index (χ2v) is 10.8. The van der Waals surface area contributed by atoms with Gasteiger partial charge in [-0.25, -0.2) is 0 Å². The first-order valence-corrected chi connectivity index (χ1v) is 14.8. The molecule has 0 bridgehead atoms. The van der Waals surface area contributed by atoms with Crippen molar-refractivity contribution in [3.05, 3.63) is 95.5 Å². The minimum Gasteiger partial charge on any atom is -0.493 e. The van der Waals surface area contributed by atoms with E-state index in [2.05, 4.69) is 20.9 Å². The summed E-state index contributed by atoms with van der Waals surface area (Å²) >= 11 is 0. The van der Waals surface area contributed by atoms with E-state index in [0.717, 1.165) is 27.2 Å². The Hall–Kier alpha value is -5.36. The van der Waals surface area contributed by atoms with Crippen LogP contribution in [0, 0.1) is 0 Å². The summed E-state index contributed by atoms with van der Waals surface area (Å²) in [5.41, 5.74) is 1.94. The molecule has 4 aromatic rings. The number of pyridine rings is 1. The van der Waals surface area contributed by atoms with Gasteiger partial charge < -0.3 is 19.8 Å². The lowest BCUT2D eigenvalue weighted by Crippen LogP contribution is -2.54. The van der Waals surface area contributed by atoms with Gasteiger partial charge in [0.15, 0.2) is 0 Å². The van der Waals surface area contributed by atoms with E-state index in [9.17, 15) is 24.0 Å². The fourth-order valence-corrected chi connectivity index (χ4v) is 5.58. The van der Waals surface area contributed by atoms with Crippen molar-refractivity contribution in [2.75, 3.05) is 19.7 Å². The van der Waals surface area contributed by atoms with Crippen LogP contribution in [0.2, 0.25) is 0 Å². The minimum atomic E-state index is -1.05. The van der Waals surface area contributed by atoms with Gasteiger partial charge >= 0.3 is 0 Å². The Bertz CT molecular complexity index is 1740. The van der Waals surface area contributed by atoms with Crippen molar-refractivity contribution in [2.45, 2.75) is 37.8 Å². The largest absolute Gasteiger partial charge is 0.493 e. The molecule has 6 rings (SSSR count). The quantitative estimate of drug-likeness (QED) is 0.162. The molecule has 0 saturated carbocycles. The van der Waals surface area contributed by atoms with Crippen molar-refractivity contribution >= 4 is 40.5 Å². The van der Waals surface area contributed by atoms with Gasteiger partial charge in [-0.2, -0.15) is 0 Å². The molecule has 2 aromatic carbocycles. The summed E-state index contributed by atoms with van der Waals surface area (Å²) in [6, 6.07) is 16.9. The standard InChI is InChI=1S/C33H31N5O7/c39-27(13-16-36-30(21-7-4-14-34-19-21)26-18-20-6-1-2-9-24(20)45-26)35-15-5-17-44-25-10-3-8-22-29(25)33(43)38(32(22)42)23-11-12-28(40)37-31(23)41/h1-4,6-10,14,18-19,23,30,36H,5,11-13,15-17H2,(H,35,39)(H,37,40,41). The normalized spacial score (nSPS) is 16.9. The molecule has 2 aliphatic heterocycles. The van der Waals surface area contributed by atoms with Crippen molar-refractivity contribution in [2.24, 2.45) is 0 Å². The Kier molecular flexibility index (Phi) is 8.65. The summed E-state index contributed by atoms with van der Waals surface area (Å²) < 4.78 is 11.9. The average molecular weight is 610 g/mol. The van der Waals surface area contributed by atoms with Crippen LogP contribution in [0.3, 0.4) is 0 Å². The smallest absolute Gasteiger partial charge is 0.266 e. The summed E-state index contributed by atoms with van der Waals surface area (Å²) in [5, 5.41) is 9.46. The van der Waals surface area contributed by atoms with Crippen molar-refractivity contribution < 1.29 is 33.1 Å². The van der Waals surface area contributed by atoms with E-state index < -0.39 is 29.7 Å².